The lowest BCUT2D eigenvalue weighted by molar-refractivity contribution is -0.385. The van der Waals surface area contributed by atoms with Crippen LogP contribution in [0.4, 0.5) is 11.5 Å². The molecule has 0 aromatic carbocycles. The molecular formula is C8H7N5O2S2. The van der Waals surface area contributed by atoms with E-state index in [4.69, 9.17) is 5.84 Å². The summed E-state index contributed by atoms with van der Waals surface area (Å²) in [7, 11) is 0. The van der Waals surface area contributed by atoms with Gasteiger partial charge in [0.15, 0.2) is 4.34 Å². The first-order valence-electron chi connectivity index (χ1n) is 4.39. The van der Waals surface area contributed by atoms with Gasteiger partial charge >= 0.3 is 0 Å². The number of hydrogen-bond acceptors (Lipinski definition) is 8. The quantitative estimate of drug-likeness (QED) is 0.495. The number of hydrogen-bond donors (Lipinski definition) is 2. The maximum absolute atomic E-state index is 10.7. The summed E-state index contributed by atoms with van der Waals surface area (Å²) in [5, 5.41) is 13.0. The summed E-state index contributed by atoms with van der Waals surface area (Å²) in [6.45, 7) is 0. The number of pyridine rings is 1. The van der Waals surface area contributed by atoms with Crippen LogP contribution in [-0.4, -0.2) is 14.9 Å². The highest BCUT2D eigenvalue weighted by molar-refractivity contribution is 8.01. The Morgan fingerprint density at radius 1 is 1.53 bits per heavy atom. The van der Waals surface area contributed by atoms with Crippen LogP contribution in [0.1, 0.15) is 0 Å². The predicted molar refractivity (Wildman–Crippen MR) is 64.9 cm³/mol. The summed E-state index contributed by atoms with van der Waals surface area (Å²) in [6, 6.07) is 2.65. The van der Waals surface area contributed by atoms with Gasteiger partial charge < -0.3 is 5.43 Å². The molecule has 2 aromatic rings. The first kappa shape index (κ1) is 11.8. The van der Waals surface area contributed by atoms with Gasteiger partial charge in [0.05, 0.1) is 11.0 Å². The molecule has 0 atom stereocenters. The lowest BCUT2D eigenvalue weighted by Gasteiger charge is -2.02. The molecule has 0 saturated heterocycles. The summed E-state index contributed by atoms with van der Waals surface area (Å²) in [4.78, 5) is 18.4. The molecule has 0 amide bonds. The Kier molecular flexibility index (Phi) is 3.52. The molecule has 0 aliphatic carbocycles. The summed E-state index contributed by atoms with van der Waals surface area (Å²) >= 11 is 2.69. The Bertz CT molecular complexity index is 531. The van der Waals surface area contributed by atoms with Crippen LogP contribution in [0.2, 0.25) is 0 Å². The van der Waals surface area contributed by atoms with Crippen molar-refractivity contribution in [3.05, 3.63) is 33.8 Å². The summed E-state index contributed by atoms with van der Waals surface area (Å²) in [6.07, 6.45) is 1.66. The van der Waals surface area contributed by atoms with Crippen molar-refractivity contribution in [2.24, 2.45) is 5.84 Å². The van der Waals surface area contributed by atoms with Gasteiger partial charge in [-0.05, 0) is 11.8 Å². The molecule has 0 saturated carbocycles. The van der Waals surface area contributed by atoms with E-state index in [0.717, 1.165) is 4.34 Å². The van der Waals surface area contributed by atoms with Crippen molar-refractivity contribution in [1.29, 1.82) is 0 Å². The second-order valence-corrected chi connectivity index (χ2v) is 5.01. The molecule has 0 aliphatic heterocycles. The van der Waals surface area contributed by atoms with Crippen LogP contribution in [0.5, 0.6) is 0 Å². The van der Waals surface area contributed by atoms with Crippen molar-refractivity contribution in [2.75, 3.05) is 5.43 Å². The van der Waals surface area contributed by atoms with Crippen molar-refractivity contribution in [2.45, 2.75) is 9.37 Å². The molecule has 2 rings (SSSR count). The number of nitrogens with zero attached hydrogens (tertiary/aromatic N) is 3. The first-order valence-corrected chi connectivity index (χ1v) is 6.09. The molecule has 88 valence electrons. The molecule has 0 unspecified atom stereocenters. The molecule has 0 fully saturated rings. The smallest absolute Gasteiger partial charge is 0.275 e. The predicted octanol–water partition coefficient (Wildman–Crippen LogP) is 1.88. The van der Waals surface area contributed by atoms with Crippen LogP contribution in [0.3, 0.4) is 0 Å². The third-order valence-corrected chi connectivity index (χ3v) is 3.55. The van der Waals surface area contributed by atoms with Gasteiger partial charge in [0.1, 0.15) is 10.8 Å². The Balaban J connectivity index is 2.33. The van der Waals surface area contributed by atoms with Crippen LogP contribution in [-0.2, 0) is 0 Å². The fourth-order valence-corrected chi connectivity index (χ4v) is 2.66. The fourth-order valence-electron chi connectivity index (χ4n) is 1.07. The Labute approximate surface area is 104 Å². The third kappa shape index (κ3) is 2.90. The normalized spacial score (nSPS) is 10.2. The number of rotatable bonds is 4. The third-order valence-electron chi connectivity index (χ3n) is 1.75. The van der Waals surface area contributed by atoms with E-state index in [1.165, 1.54) is 35.2 Å². The van der Waals surface area contributed by atoms with E-state index < -0.39 is 4.92 Å². The van der Waals surface area contributed by atoms with E-state index in [9.17, 15) is 10.1 Å². The van der Waals surface area contributed by atoms with Gasteiger partial charge in [-0.2, -0.15) is 0 Å². The van der Waals surface area contributed by atoms with Gasteiger partial charge in [0.2, 0.25) is 0 Å². The SMILES string of the molecule is NNc1cc([N+](=O)[O-])cc(Sc2nccs2)n1. The highest BCUT2D eigenvalue weighted by Crippen LogP contribution is 2.31. The molecule has 2 aromatic heterocycles. The molecule has 0 bridgehead atoms. The van der Waals surface area contributed by atoms with Crippen LogP contribution >= 0.6 is 23.1 Å². The molecule has 0 radical (unpaired) electrons. The van der Waals surface area contributed by atoms with Crippen molar-refractivity contribution < 1.29 is 4.92 Å². The monoisotopic (exact) mass is 269 g/mol. The molecule has 7 nitrogen and oxygen atoms in total. The van der Waals surface area contributed by atoms with Crippen LogP contribution < -0.4 is 11.3 Å². The average molecular weight is 269 g/mol. The topological polar surface area (TPSA) is 107 Å². The number of aromatic nitrogens is 2. The fraction of sp³-hybridized carbons (Fsp3) is 0. The average Bonchev–Trinajstić information content (AvgIpc) is 2.81. The van der Waals surface area contributed by atoms with Crippen molar-refractivity contribution in [3.63, 3.8) is 0 Å². The van der Waals surface area contributed by atoms with Gasteiger partial charge in [0, 0.05) is 17.6 Å². The molecule has 3 N–H and O–H groups in total. The maximum atomic E-state index is 10.7. The van der Waals surface area contributed by atoms with Gasteiger partial charge in [-0.25, -0.2) is 15.8 Å². The van der Waals surface area contributed by atoms with Gasteiger partial charge in [0.25, 0.3) is 5.69 Å². The Morgan fingerprint density at radius 2 is 2.35 bits per heavy atom. The van der Waals surface area contributed by atoms with Crippen LogP contribution in [0, 0.1) is 10.1 Å². The molecule has 2 heterocycles. The van der Waals surface area contributed by atoms with E-state index in [0.29, 0.717) is 5.03 Å². The second-order valence-electron chi connectivity index (χ2n) is 2.85. The van der Waals surface area contributed by atoms with Crippen molar-refractivity contribution in [3.8, 4) is 0 Å². The summed E-state index contributed by atoms with van der Waals surface area (Å²) in [5.74, 6) is 5.45. The number of nitrogens with two attached hydrogens (primary N) is 1. The number of thiazole rings is 1. The van der Waals surface area contributed by atoms with Crippen LogP contribution in [0.15, 0.2) is 33.1 Å². The van der Waals surface area contributed by atoms with E-state index in [2.05, 4.69) is 15.4 Å². The molecule has 0 aliphatic rings. The number of nitrogen functional groups attached to an aromatic ring is 1. The van der Waals surface area contributed by atoms with Gasteiger partial charge in [-0.15, -0.1) is 11.3 Å². The van der Waals surface area contributed by atoms with E-state index in [-0.39, 0.29) is 11.5 Å². The Morgan fingerprint density at radius 3 is 2.94 bits per heavy atom. The van der Waals surface area contributed by atoms with E-state index in [1.54, 1.807) is 6.20 Å². The number of nitro groups is 1. The summed E-state index contributed by atoms with van der Waals surface area (Å²) < 4.78 is 0.765. The Hall–Kier alpha value is -1.71. The lowest BCUT2D eigenvalue weighted by atomic mass is 10.4. The minimum atomic E-state index is -0.492. The number of anilines is 1. The van der Waals surface area contributed by atoms with E-state index >= 15 is 0 Å². The first-order chi connectivity index (χ1) is 8.19. The van der Waals surface area contributed by atoms with E-state index in [1.807, 2.05) is 5.38 Å². The summed E-state index contributed by atoms with van der Waals surface area (Å²) in [5.41, 5.74) is 2.23. The largest absolute Gasteiger partial charge is 0.308 e. The molecule has 0 spiro atoms. The minimum absolute atomic E-state index is 0.0630. The van der Waals surface area contributed by atoms with Gasteiger partial charge in [-0.3, -0.25) is 10.1 Å². The molecule has 9 heteroatoms. The zero-order valence-corrected chi connectivity index (χ0v) is 9.99. The van der Waals surface area contributed by atoms with Gasteiger partial charge in [-0.1, -0.05) is 0 Å². The van der Waals surface area contributed by atoms with Crippen LogP contribution in [0.25, 0.3) is 0 Å². The second kappa shape index (κ2) is 5.08. The van der Waals surface area contributed by atoms with Crippen molar-refractivity contribution in [1.82, 2.24) is 9.97 Å². The number of hydrazine groups is 1. The zero-order chi connectivity index (χ0) is 12.3. The highest BCUT2D eigenvalue weighted by Gasteiger charge is 2.12. The zero-order valence-electron chi connectivity index (χ0n) is 8.36. The lowest BCUT2D eigenvalue weighted by Crippen LogP contribution is -2.09. The van der Waals surface area contributed by atoms with Crippen molar-refractivity contribution >= 4 is 34.6 Å². The maximum Gasteiger partial charge on any atom is 0.275 e. The number of nitrogens with one attached hydrogen (secondary N) is 1. The standard InChI is InChI=1S/C8H7N5O2S2/c9-12-6-3-5(13(14)15)4-7(11-6)17-8-10-1-2-16-8/h1-4H,9H2,(H,11,12). The molecular weight excluding hydrogens is 262 g/mol. The minimum Gasteiger partial charge on any atom is -0.308 e. The highest BCUT2D eigenvalue weighted by atomic mass is 32.2. The molecule has 17 heavy (non-hydrogen) atoms.